The minimum atomic E-state index is -0.140. The van der Waals surface area contributed by atoms with Crippen molar-refractivity contribution in [3.63, 3.8) is 0 Å². The average Bonchev–Trinajstić information content (AvgIpc) is 3.37. The third-order valence-electron chi connectivity index (χ3n) is 13.1. The molecule has 1 aromatic heterocycles. The highest BCUT2D eigenvalue weighted by molar-refractivity contribution is 6.05. The quantitative estimate of drug-likeness (QED) is 0.129. The molecule has 0 spiro atoms. The van der Waals surface area contributed by atoms with Gasteiger partial charge in [0.25, 0.3) is 0 Å². The number of nitrogens with zero attached hydrogens (tertiary/aromatic N) is 4. The predicted molar refractivity (Wildman–Crippen MR) is 277 cm³/mol. The largest absolute Gasteiger partial charge is 0.310 e. The Morgan fingerprint density at radius 1 is 0.439 bits per heavy atom. The van der Waals surface area contributed by atoms with Gasteiger partial charge >= 0.3 is 0 Å². The molecule has 0 unspecified atom stereocenters. The van der Waals surface area contributed by atoms with Crippen molar-refractivity contribution < 1.29 is 0 Å². The topological polar surface area (TPSA) is 41.9 Å². The van der Waals surface area contributed by atoms with E-state index in [1.54, 1.807) is 12.2 Å². The first kappa shape index (κ1) is 41.8. The van der Waals surface area contributed by atoms with E-state index in [0.29, 0.717) is 17.5 Å². The number of para-hydroxylation sites is 2. The van der Waals surface area contributed by atoms with Crippen molar-refractivity contribution >= 4 is 22.6 Å². The monoisotopic (exact) mass is 850 g/mol. The van der Waals surface area contributed by atoms with Crippen molar-refractivity contribution in [1.82, 2.24) is 15.0 Å². The van der Waals surface area contributed by atoms with Crippen molar-refractivity contribution in [2.75, 3.05) is 4.90 Å². The number of hydrogen-bond donors (Lipinski definition) is 0. The van der Waals surface area contributed by atoms with Gasteiger partial charge in [0.1, 0.15) is 0 Å². The van der Waals surface area contributed by atoms with Crippen molar-refractivity contribution in [1.29, 1.82) is 0 Å². The molecule has 8 aromatic carbocycles. The maximum absolute atomic E-state index is 5.03. The van der Waals surface area contributed by atoms with Gasteiger partial charge in [-0.05, 0) is 105 Å². The molecule has 0 fully saturated rings. The van der Waals surface area contributed by atoms with Gasteiger partial charge in [-0.3, -0.25) is 0 Å². The Morgan fingerprint density at radius 3 is 1.27 bits per heavy atom. The molecule has 10 rings (SSSR count). The fourth-order valence-corrected chi connectivity index (χ4v) is 9.73. The number of aromatic nitrogens is 3. The third-order valence-corrected chi connectivity index (χ3v) is 13.1. The number of allylic oxidation sites excluding steroid dienone is 4. The lowest BCUT2D eigenvalue weighted by Crippen LogP contribution is -2.30. The minimum absolute atomic E-state index is 0.140. The second-order valence-electron chi connectivity index (χ2n) is 17.3. The summed E-state index contributed by atoms with van der Waals surface area (Å²) in [4.78, 5) is 17.3. The SMILES string of the molecule is C=C/C=C(\C=C)c1nc(-c2ccccc2)nc(-c2ccc(-c3c(-c4ccccc4)c(C)c(C)c(-c4ccccc4)c3-c3ccc(N4c5ccccc5C(C)(C)c5ccccc54)cc3)cc2)n1. The normalized spacial score (nSPS) is 12.8. The number of anilines is 3. The molecule has 1 aliphatic heterocycles. The zero-order valence-electron chi connectivity index (χ0n) is 37.8. The van der Waals surface area contributed by atoms with E-state index in [1.807, 2.05) is 36.4 Å². The van der Waals surface area contributed by atoms with Gasteiger partial charge in [0.15, 0.2) is 17.5 Å². The predicted octanol–water partition coefficient (Wildman–Crippen LogP) is 16.4. The molecule has 0 bridgehead atoms. The third kappa shape index (κ3) is 7.37. The van der Waals surface area contributed by atoms with Crippen LogP contribution in [-0.4, -0.2) is 15.0 Å². The van der Waals surface area contributed by atoms with Crippen LogP contribution in [0, 0.1) is 13.8 Å². The van der Waals surface area contributed by atoms with Gasteiger partial charge < -0.3 is 4.90 Å². The van der Waals surface area contributed by atoms with Crippen LogP contribution in [0.4, 0.5) is 17.1 Å². The molecule has 1 aliphatic rings. The molecule has 2 heterocycles. The summed E-state index contributed by atoms with van der Waals surface area (Å²) in [6.45, 7) is 17.2. The second kappa shape index (κ2) is 17.4. The van der Waals surface area contributed by atoms with E-state index in [9.17, 15) is 0 Å². The maximum Gasteiger partial charge on any atom is 0.164 e. The molecule has 0 amide bonds. The Morgan fingerprint density at radius 2 is 0.818 bits per heavy atom. The summed E-state index contributed by atoms with van der Waals surface area (Å²) in [6.07, 6.45) is 5.36. The Bertz CT molecular complexity index is 3240. The number of benzene rings is 8. The fraction of sp³-hybridized carbons (Fsp3) is 0.0806. The Balaban J connectivity index is 1.19. The molecule has 0 saturated heterocycles. The van der Waals surface area contributed by atoms with E-state index in [4.69, 9.17) is 15.0 Å². The van der Waals surface area contributed by atoms with E-state index >= 15 is 0 Å². The van der Waals surface area contributed by atoms with E-state index < -0.39 is 0 Å². The smallest absolute Gasteiger partial charge is 0.164 e. The summed E-state index contributed by atoms with van der Waals surface area (Å²) in [5.41, 5.74) is 20.4. The minimum Gasteiger partial charge on any atom is -0.310 e. The highest BCUT2D eigenvalue weighted by Crippen LogP contribution is 2.53. The van der Waals surface area contributed by atoms with Crippen LogP contribution >= 0.6 is 0 Å². The summed E-state index contributed by atoms with van der Waals surface area (Å²) < 4.78 is 0. The van der Waals surface area contributed by atoms with Crippen LogP contribution in [0.5, 0.6) is 0 Å². The Hall–Kier alpha value is -8.21. The molecule has 318 valence electrons. The average molecular weight is 851 g/mol. The van der Waals surface area contributed by atoms with Gasteiger partial charge in [0.05, 0.1) is 11.4 Å². The lowest BCUT2D eigenvalue weighted by molar-refractivity contribution is 0.632. The van der Waals surface area contributed by atoms with Crippen molar-refractivity contribution in [2.24, 2.45) is 0 Å². The van der Waals surface area contributed by atoms with E-state index in [2.05, 4.69) is 203 Å². The fourth-order valence-electron chi connectivity index (χ4n) is 9.73. The molecule has 4 heteroatoms. The molecular weight excluding hydrogens is 801 g/mol. The lowest BCUT2D eigenvalue weighted by Gasteiger charge is -2.42. The Labute approximate surface area is 388 Å². The van der Waals surface area contributed by atoms with Gasteiger partial charge in [-0.15, -0.1) is 0 Å². The number of hydrogen-bond acceptors (Lipinski definition) is 4. The van der Waals surface area contributed by atoms with Gasteiger partial charge in [-0.25, -0.2) is 15.0 Å². The summed E-state index contributed by atoms with van der Waals surface area (Å²) >= 11 is 0. The first-order valence-corrected chi connectivity index (χ1v) is 22.5. The van der Waals surface area contributed by atoms with Gasteiger partial charge in [0, 0.05) is 27.8 Å². The molecule has 0 radical (unpaired) electrons. The lowest BCUT2D eigenvalue weighted by atomic mass is 9.73. The summed E-state index contributed by atoms with van der Waals surface area (Å²) in [5.74, 6) is 1.71. The van der Waals surface area contributed by atoms with Crippen molar-refractivity contribution in [3.05, 3.63) is 248 Å². The first-order chi connectivity index (χ1) is 32.3. The summed E-state index contributed by atoms with van der Waals surface area (Å²) in [6, 6.07) is 67.3. The Kier molecular flexibility index (Phi) is 11.0. The molecule has 9 aromatic rings. The molecular formula is C62H50N4. The van der Waals surface area contributed by atoms with Crippen LogP contribution in [-0.2, 0) is 5.41 Å². The van der Waals surface area contributed by atoms with Crippen molar-refractivity contribution in [2.45, 2.75) is 33.1 Å². The van der Waals surface area contributed by atoms with E-state index in [-0.39, 0.29) is 5.41 Å². The maximum atomic E-state index is 5.03. The molecule has 0 saturated carbocycles. The number of fused-ring (bicyclic) bond motifs is 2. The van der Waals surface area contributed by atoms with Crippen LogP contribution in [0.15, 0.2) is 219 Å². The van der Waals surface area contributed by atoms with Gasteiger partial charge in [-0.2, -0.15) is 0 Å². The second-order valence-corrected chi connectivity index (χ2v) is 17.3. The van der Waals surface area contributed by atoms with Crippen molar-refractivity contribution in [3.8, 4) is 67.3 Å². The molecule has 4 nitrogen and oxygen atoms in total. The van der Waals surface area contributed by atoms with Crippen LogP contribution in [0.1, 0.15) is 41.9 Å². The van der Waals surface area contributed by atoms with Crippen LogP contribution in [0.2, 0.25) is 0 Å². The molecule has 0 atom stereocenters. The van der Waals surface area contributed by atoms with E-state index in [0.717, 1.165) is 33.5 Å². The van der Waals surface area contributed by atoms with Crippen LogP contribution in [0.3, 0.4) is 0 Å². The highest BCUT2D eigenvalue weighted by atomic mass is 15.2. The zero-order valence-corrected chi connectivity index (χ0v) is 37.8. The highest BCUT2D eigenvalue weighted by Gasteiger charge is 2.36. The summed E-state index contributed by atoms with van der Waals surface area (Å²) in [7, 11) is 0. The first-order valence-electron chi connectivity index (χ1n) is 22.5. The van der Waals surface area contributed by atoms with Gasteiger partial charge in [0.2, 0.25) is 0 Å². The van der Waals surface area contributed by atoms with Crippen LogP contribution in [0.25, 0.3) is 72.9 Å². The van der Waals surface area contributed by atoms with Gasteiger partial charge in [-0.1, -0.05) is 209 Å². The zero-order chi connectivity index (χ0) is 45.4. The molecule has 0 N–H and O–H groups in total. The molecule has 0 aliphatic carbocycles. The van der Waals surface area contributed by atoms with Crippen LogP contribution < -0.4 is 4.90 Å². The summed E-state index contributed by atoms with van der Waals surface area (Å²) in [5, 5.41) is 0. The molecule has 66 heavy (non-hydrogen) atoms. The number of rotatable bonds is 10. The van der Waals surface area contributed by atoms with E-state index in [1.165, 1.54) is 67.0 Å². The standard InChI is InChI=1S/C62H50N4/c1-7-22-43(8-2)59-63-60(48-27-16-11-17-28-48)65-61(64-59)49-35-33-46(34-36-49)57-55(44-23-12-9-13-24-44)41(3)42(4)56(45-25-14-10-15-26-45)58(57)47-37-39-50(40-38-47)66-53-31-20-18-29-51(53)62(5,6)52-30-19-21-32-54(52)66/h7-40H,1-2H2,3-6H3/b43-22+.